The summed E-state index contributed by atoms with van der Waals surface area (Å²) in [6.07, 6.45) is 9.61. The second-order valence-corrected chi connectivity index (χ2v) is 13.0. The van der Waals surface area contributed by atoms with E-state index in [0.717, 1.165) is 61.6 Å². The van der Waals surface area contributed by atoms with E-state index in [1.165, 1.54) is 11.1 Å². The van der Waals surface area contributed by atoms with Gasteiger partial charge in [0.05, 0.1) is 23.7 Å². The Bertz CT molecular complexity index is 1690. The molecular weight excluding hydrogens is 726 g/mol. The lowest BCUT2D eigenvalue weighted by atomic mass is 9.88. The second-order valence-electron chi connectivity index (χ2n) is 10.3. The Morgan fingerprint density at radius 2 is 1.76 bits per heavy atom. The van der Waals surface area contributed by atoms with Gasteiger partial charge in [0.25, 0.3) is 5.56 Å². The minimum Gasteiger partial charge on any atom is -0.490 e. The van der Waals surface area contributed by atoms with E-state index in [9.17, 15) is 4.79 Å². The molecule has 0 unspecified atom stereocenters. The maximum Gasteiger partial charge on any atom is 0.282 e. The van der Waals surface area contributed by atoms with Gasteiger partial charge in [-0.25, -0.2) is 4.98 Å². The number of halogens is 3. The lowest BCUT2D eigenvalue weighted by Gasteiger charge is -2.22. The summed E-state index contributed by atoms with van der Waals surface area (Å²) in [6.45, 7) is 6.73. The minimum atomic E-state index is -0.172. The van der Waals surface area contributed by atoms with Crippen LogP contribution in [0.3, 0.4) is 0 Å². The molecule has 1 saturated carbocycles. The first-order valence-electron chi connectivity index (χ1n) is 14.1. The molecule has 42 heavy (non-hydrogen) atoms. The SMILES string of the molecule is C=CCc1cc(C=Nn2c(C3CCCCC3)nc3ccc(Br)cc3c2=O)cc(OCC)c1OCc1ccc(Br)cc1Br. The normalized spacial score (nSPS) is 14.0. The van der Waals surface area contributed by atoms with Gasteiger partial charge in [0, 0.05) is 30.5 Å². The van der Waals surface area contributed by atoms with Crippen LogP contribution < -0.4 is 15.0 Å². The zero-order valence-corrected chi connectivity index (χ0v) is 28.2. The summed E-state index contributed by atoms with van der Waals surface area (Å²) >= 11 is 10.6. The van der Waals surface area contributed by atoms with E-state index in [0.29, 0.717) is 42.0 Å². The molecule has 5 rings (SSSR count). The topological polar surface area (TPSA) is 65.7 Å². The third-order valence-corrected chi connectivity index (χ3v) is 9.06. The van der Waals surface area contributed by atoms with Crippen molar-refractivity contribution in [1.82, 2.24) is 9.66 Å². The summed E-state index contributed by atoms with van der Waals surface area (Å²) in [5, 5.41) is 5.28. The van der Waals surface area contributed by atoms with Crippen LogP contribution >= 0.6 is 47.8 Å². The van der Waals surface area contributed by atoms with Crippen molar-refractivity contribution in [1.29, 1.82) is 0 Å². The highest BCUT2D eigenvalue weighted by atomic mass is 79.9. The molecule has 0 spiro atoms. The molecule has 1 fully saturated rings. The highest BCUT2D eigenvalue weighted by molar-refractivity contribution is 9.11. The molecule has 3 aromatic carbocycles. The third-order valence-electron chi connectivity index (χ3n) is 7.33. The molecule has 0 saturated heterocycles. The molecule has 218 valence electrons. The van der Waals surface area contributed by atoms with Crippen LogP contribution in [0.4, 0.5) is 0 Å². The first kappa shape index (κ1) is 30.7. The predicted octanol–water partition coefficient (Wildman–Crippen LogP) is 9.32. The first-order chi connectivity index (χ1) is 20.4. The van der Waals surface area contributed by atoms with Crippen LogP contribution in [0.2, 0.25) is 0 Å². The Labute approximate surface area is 271 Å². The molecule has 0 N–H and O–H groups in total. The van der Waals surface area contributed by atoms with E-state index in [-0.39, 0.29) is 11.5 Å². The van der Waals surface area contributed by atoms with Crippen molar-refractivity contribution in [3.8, 4) is 11.5 Å². The average Bonchev–Trinajstić information content (AvgIpc) is 2.98. The molecular formula is C33H32Br3N3O3. The molecule has 9 heteroatoms. The van der Waals surface area contributed by atoms with E-state index in [1.807, 2.05) is 61.5 Å². The fraction of sp³-hybridized carbons (Fsp3) is 0.303. The van der Waals surface area contributed by atoms with Gasteiger partial charge in [0.15, 0.2) is 11.5 Å². The van der Waals surface area contributed by atoms with Gasteiger partial charge in [0.1, 0.15) is 12.4 Å². The quantitative estimate of drug-likeness (QED) is 0.120. The number of aromatic nitrogens is 2. The van der Waals surface area contributed by atoms with Crippen LogP contribution in [-0.4, -0.2) is 22.5 Å². The van der Waals surface area contributed by atoms with Gasteiger partial charge in [-0.1, -0.05) is 79.2 Å². The Morgan fingerprint density at radius 1 is 1.00 bits per heavy atom. The predicted molar refractivity (Wildman–Crippen MR) is 180 cm³/mol. The molecule has 0 atom stereocenters. The van der Waals surface area contributed by atoms with Gasteiger partial charge >= 0.3 is 0 Å². The highest BCUT2D eigenvalue weighted by Crippen LogP contribution is 2.36. The van der Waals surface area contributed by atoms with E-state index in [2.05, 4.69) is 54.4 Å². The molecule has 1 heterocycles. The second kappa shape index (κ2) is 14.1. The van der Waals surface area contributed by atoms with Gasteiger partial charge in [-0.05, 0) is 74.2 Å². The van der Waals surface area contributed by atoms with Crippen molar-refractivity contribution in [2.24, 2.45) is 5.10 Å². The van der Waals surface area contributed by atoms with E-state index < -0.39 is 0 Å². The van der Waals surface area contributed by atoms with Gasteiger partial charge in [-0.2, -0.15) is 9.78 Å². The molecule has 0 aliphatic heterocycles. The van der Waals surface area contributed by atoms with Gasteiger partial charge < -0.3 is 9.47 Å². The van der Waals surface area contributed by atoms with Crippen LogP contribution in [0.15, 0.2) is 84.5 Å². The summed E-state index contributed by atoms with van der Waals surface area (Å²) in [6, 6.07) is 15.5. The Hall–Kier alpha value is -2.75. The Kier molecular flexibility index (Phi) is 10.3. The zero-order chi connectivity index (χ0) is 29.6. The molecule has 0 bridgehead atoms. The maximum absolute atomic E-state index is 13.8. The van der Waals surface area contributed by atoms with E-state index in [4.69, 9.17) is 19.6 Å². The molecule has 1 aromatic heterocycles. The van der Waals surface area contributed by atoms with Crippen molar-refractivity contribution in [3.05, 3.63) is 107 Å². The van der Waals surface area contributed by atoms with Crippen molar-refractivity contribution >= 4 is 64.9 Å². The summed E-state index contributed by atoms with van der Waals surface area (Å²) < 4.78 is 16.7. The maximum atomic E-state index is 13.8. The van der Waals surface area contributed by atoms with Crippen molar-refractivity contribution < 1.29 is 9.47 Å². The van der Waals surface area contributed by atoms with Crippen LogP contribution in [0, 0.1) is 0 Å². The number of hydrogen-bond donors (Lipinski definition) is 0. The number of ether oxygens (including phenoxy) is 2. The number of fused-ring (bicyclic) bond motifs is 1. The fourth-order valence-corrected chi connectivity index (χ4v) is 6.83. The van der Waals surface area contributed by atoms with Crippen LogP contribution in [0.5, 0.6) is 11.5 Å². The van der Waals surface area contributed by atoms with Crippen molar-refractivity contribution in [3.63, 3.8) is 0 Å². The van der Waals surface area contributed by atoms with Gasteiger partial charge in [-0.3, -0.25) is 4.79 Å². The lowest BCUT2D eigenvalue weighted by Crippen LogP contribution is -2.25. The molecule has 1 aliphatic rings. The monoisotopic (exact) mass is 755 g/mol. The molecule has 6 nitrogen and oxygen atoms in total. The standard InChI is InChI=1S/C33H32Br3N3O3/c1-3-8-23-15-21(16-30(41-4-2)31(23)42-20-24-11-12-26(35)18-28(24)36)19-37-39-32(22-9-6-5-7-10-22)38-29-14-13-25(34)17-27(29)33(39)40/h3,11-19,22H,1,4-10,20H2,2H3. The lowest BCUT2D eigenvalue weighted by molar-refractivity contribution is 0.266. The Balaban J connectivity index is 1.55. The zero-order valence-electron chi connectivity index (χ0n) is 23.4. The summed E-state index contributed by atoms with van der Waals surface area (Å²) in [4.78, 5) is 18.7. The number of allylic oxidation sites excluding steroid dienone is 1. The van der Waals surface area contributed by atoms with E-state index >= 15 is 0 Å². The molecule has 0 amide bonds. The highest BCUT2D eigenvalue weighted by Gasteiger charge is 2.23. The van der Waals surface area contributed by atoms with Gasteiger partial charge in [0.2, 0.25) is 0 Å². The number of nitrogens with zero attached hydrogens (tertiary/aromatic N) is 3. The van der Waals surface area contributed by atoms with E-state index in [1.54, 1.807) is 6.21 Å². The van der Waals surface area contributed by atoms with Crippen LogP contribution in [0.25, 0.3) is 10.9 Å². The summed E-state index contributed by atoms with van der Waals surface area (Å²) in [7, 11) is 0. The van der Waals surface area contributed by atoms with Crippen molar-refractivity contribution in [2.45, 2.75) is 58.0 Å². The minimum absolute atomic E-state index is 0.172. The third kappa shape index (κ3) is 7.06. The molecule has 4 aromatic rings. The Morgan fingerprint density at radius 3 is 2.50 bits per heavy atom. The summed E-state index contributed by atoms with van der Waals surface area (Å²) in [5.41, 5.74) is 3.26. The average molecular weight is 758 g/mol. The molecule has 0 radical (unpaired) electrons. The number of hydrogen-bond acceptors (Lipinski definition) is 5. The smallest absolute Gasteiger partial charge is 0.282 e. The van der Waals surface area contributed by atoms with Crippen LogP contribution in [0.1, 0.15) is 67.5 Å². The van der Waals surface area contributed by atoms with Crippen molar-refractivity contribution in [2.75, 3.05) is 6.61 Å². The number of rotatable bonds is 10. The largest absolute Gasteiger partial charge is 0.490 e. The first-order valence-corrected chi connectivity index (χ1v) is 16.5. The fourth-order valence-electron chi connectivity index (χ4n) is 5.31. The van der Waals surface area contributed by atoms with Gasteiger partial charge in [-0.15, -0.1) is 6.58 Å². The van der Waals surface area contributed by atoms with Crippen LogP contribution in [-0.2, 0) is 13.0 Å². The number of benzene rings is 3. The molecule has 1 aliphatic carbocycles. The summed E-state index contributed by atoms with van der Waals surface area (Å²) in [5.74, 6) is 2.20.